The van der Waals surface area contributed by atoms with Gasteiger partial charge in [-0.3, -0.25) is 4.79 Å². The van der Waals surface area contributed by atoms with Crippen molar-refractivity contribution < 1.29 is 9.90 Å². The molecule has 0 saturated heterocycles. The van der Waals surface area contributed by atoms with Crippen molar-refractivity contribution >= 4 is 5.97 Å². The summed E-state index contributed by atoms with van der Waals surface area (Å²) in [7, 11) is 3.96. The predicted octanol–water partition coefficient (Wildman–Crippen LogP) is 2.69. The predicted molar refractivity (Wildman–Crippen MR) is 76.6 cm³/mol. The van der Waals surface area contributed by atoms with Gasteiger partial charge in [0.1, 0.15) is 0 Å². The largest absolute Gasteiger partial charge is 0.481 e. The van der Waals surface area contributed by atoms with E-state index in [9.17, 15) is 9.90 Å². The zero-order valence-electron chi connectivity index (χ0n) is 11.9. The Bertz CT molecular complexity index is 454. The van der Waals surface area contributed by atoms with Crippen molar-refractivity contribution in [1.82, 2.24) is 4.90 Å². The molecule has 1 unspecified atom stereocenters. The monoisotopic (exact) mass is 261 g/mol. The standard InChI is InChI=1S/C16H23NO2/c1-17(2)10-9-15(16(18)19)14-8-7-12-5-3-4-6-13(12)11-14/h7-8,11,15H,3-6,9-10H2,1-2H3,(H,18,19). The van der Waals surface area contributed by atoms with Crippen LogP contribution in [-0.4, -0.2) is 36.6 Å². The minimum absolute atomic E-state index is 0.380. The van der Waals surface area contributed by atoms with E-state index in [1.165, 1.54) is 24.0 Å². The van der Waals surface area contributed by atoms with Crippen molar-refractivity contribution in [2.45, 2.75) is 38.0 Å². The van der Waals surface area contributed by atoms with Crippen molar-refractivity contribution in [1.29, 1.82) is 0 Å². The van der Waals surface area contributed by atoms with Gasteiger partial charge in [-0.05, 0) is 69.4 Å². The number of carboxylic acid groups (broad SMARTS) is 1. The van der Waals surface area contributed by atoms with Crippen molar-refractivity contribution in [3.63, 3.8) is 0 Å². The maximum absolute atomic E-state index is 11.5. The van der Waals surface area contributed by atoms with Gasteiger partial charge in [-0.2, -0.15) is 0 Å². The number of carbonyl (C=O) groups is 1. The first-order valence-corrected chi connectivity index (χ1v) is 7.07. The summed E-state index contributed by atoms with van der Waals surface area (Å²) in [6.07, 6.45) is 5.40. The Hall–Kier alpha value is -1.35. The van der Waals surface area contributed by atoms with Crippen molar-refractivity contribution in [3.05, 3.63) is 34.9 Å². The summed E-state index contributed by atoms with van der Waals surface area (Å²) < 4.78 is 0. The quantitative estimate of drug-likeness (QED) is 0.886. The van der Waals surface area contributed by atoms with Crippen LogP contribution in [0.2, 0.25) is 0 Å². The molecule has 0 amide bonds. The van der Waals surface area contributed by atoms with Crippen molar-refractivity contribution in [3.8, 4) is 0 Å². The first kappa shape index (κ1) is 14.1. The second kappa shape index (κ2) is 6.20. The molecule has 1 aromatic carbocycles. The average Bonchev–Trinajstić information content (AvgIpc) is 2.38. The minimum Gasteiger partial charge on any atom is -0.481 e. The van der Waals surface area contributed by atoms with Crippen LogP contribution in [-0.2, 0) is 17.6 Å². The Morgan fingerprint density at radius 3 is 2.58 bits per heavy atom. The second-order valence-corrected chi connectivity index (χ2v) is 5.72. The molecule has 0 spiro atoms. The normalized spacial score (nSPS) is 16.2. The van der Waals surface area contributed by atoms with E-state index in [1.807, 2.05) is 25.1 Å². The molecule has 1 aliphatic rings. The molecule has 0 bridgehead atoms. The third-order valence-corrected chi connectivity index (χ3v) is 3.94. The number of nitrogens with zero attached hydrogens (tertiary/aromatic N) is 1. The fourth-order valence-electron chi connectivity index (χ4n) is 2.79. The summed E-state index contributed by atoms with van der Waals surface area (Å²) in [4.78, 5) is 13.5. The highest BCUT2D eigenvalue weighted by Crippen LogP contribution is 2.27. The number of hydrogen-bond acceptors (Lipinski definition) is 2. The molecule has 1 aliphatic carbocycles. The highest BCUT2D eigenvalue weighted by Gasteiger charge is 2.21. The third kappa shape index (κ3) is 3.57. The summed E-state index contributed by atoms with van der Waals surface area (Å²) in [6.45, 7) is 0.800. The lowest BCUT2D eigenvalue weighted by Crippen LogP contribution is -2.20. The molecule has 1 N–H and O–H groups in total. The molecule has 1 atom stereocenters. The third-order valence-electron chi connectivity index (χ3n) is 3.94. The zero-order valence-corrected chi connectivity index (χ0v) is 11.9. The molecular formula is C16H23NO2. The van der Waals surface area contributed by atoms with Crippen LogP contribution in [0.4, 0.5) is 0 Å². The van der Waals surface area contributed by atoms with Gasteiger partial charge in [0.15, 0.2) is 0 Å². The van der Waals surface area contributed by atoms with E-state index in [4.69, 9.17) is 0 Å². The lowest BCUT2D eigenvalue weighted by molar-refractivity contribution is -0.139. The van der Waals surface area contributed by atoms with Crippen LogP contribution in [0.25, 0.3) is 0 Å². The Morgan fingerprint density at radius 1 is 1.26 bits per heavy atom. The van der Waals surface area contributed by atoms with Gasteiger partial charge in [0.2, 0.25) is 0 Å². The van der Waals surface area contributed by atoms with E-state index in [0.717, 1.165) is 24.9 Å². The van der Waals surface area contributed by atoms with Gasteiger partial charge in [-0.1, -0.05) is 18.2 Å². The second-order valence-electron chi connectivity index (χ2n) is 5.72. The smallest absolute Gasteiger partial charge is 0.311 e. The van der Waals surface area contributed by atoms with Gasteiger partial charge < -0.3 is 10.0 Å². The molecule has 19 heavy (non-hydrogen) atoms. The molecule has 0 aromatic heterocycles. The maximum Gasteiger partial charge on any atom is 0.311 e. The molecule has 0 saturated carbocycles. The first-order chi connectivity index (χ1) is 9.08. The highest BCUT2D eigenvalue weighted by molar-refractivity contribution is 5.76. The molecule has 0 radical (unpaired) electrons. The van der Waals surface area contributed by atoms with Gasteiger partial charge in [-0.25, -0.2) is 0 Å². The van der Waals surface area contributed by atoms with Gasteiger partial charge in [0.05, 0.1) is 5.92 Å². The van der Waals surface area contributed by atoms with E-state index in [2.05, 4.69) is 12.1 Å². The summed E-state index contributed by atoms with van der Waals surface area (Å²) in [5, 5.41) is 9.43. The average molecular weight is 261 g/mol. The van der Waals surface area contributed by atoms with E-state index in [0.29, 0.717) is 6.42 Å². The van der Waals surface area contributed by atoms with Crippen LogP contribution in [0, 0.1) is 0 Å². The number of rotatable bonds is 5. The lowest BCUT2D eigenvalue weighted by Gasteiger charge is -2.20. The number of benzene rings is 1. The number of hydrogen-bond donors (Lipinski definition) is 1. The van der Waals surface area contributed by atoms with E-state index < -0.39 is 5.97 Å². The van der Waals surface area contributed by atoms with Gasteiger partial charge in [-0.15, -0.1) is 0 Å². The molecule has 2 rings (SSSR count). The summed E-state index contributed by atoms with van der Waals surface area (Å²) in [5.41, 5.74) is 3.74. The van der Waals surface area contributed by atoms with Crippen LogP contribution in [0.3, 0.4) is 0 Å². The molecule has 3 nitrogen and oxygen atoms in total. The summed E-state index contributed by atoms with van der Waals surface area (Å²) >= 11 is 0. The molecule has 3 heteroatoms. The molecule has 104 valence electrons. The van der Waals surface area contributed by atoms with E-state index >= 15 is 0 Å². The molecule has 0 heterocycles. The van der Waals surface area contributed by atoms with Crippen molar-refractivity contribution in [2.24, 2.45) is 0 Å². The lowest BCUT2D eigenvalue weighted by atomic mass is 9.86. The van der Waals surface area contributed by atoms with Gasteiger partial charge in [0, 0.05) is 0 Å². The number of aliphatic carboxylic acids is 1. The number of fused-ring (bicyclic) bond motifs is 1. The fourth-order valence-corrected chi connectivity index (χ4v) is 2.79. The number of aryl methyl sites for hydroxylation is 2. The Balaban J connectivity index is 2.19. The molecule has 0 aliphatic heterocycles. The Kier molecular flexibility index (Phi) is 4.59. The van der Waals surface area contributed by atoms with Crippen LogP contribution in [0.1, 0.15) is 41.9 Å². The summed E-state index contributed by atoms with van der Waals surface area (Å²) in [5.74, 6) is -1.09. The van der Waals surface area contributed by atoms with Gasteiger partial charge >= 0.3 is 5.97 Å². The van der Waals surface area contributed by atoms with E-state index in [-0.39, 0.29) is 5.92 Å². The molecule has 1 aromatic rings. The zero-order chi connectivity index (χ0) is 13.8. The Labute approximate surface area is 115 Å². The van der Waals surface area contributed by atoms with Crippen LogP contribution in [0.5, 0.6) is 0 Å². The highest BCUT2D eigenvalue weighted by atomic mass is 16.4. The maximum atomic E-state index is 11.5. The van der Waals surface area contributed by atoms with Gasteiger partial charge in [0.25, 0.3) is 0 Å². The fraction of sp³-hybridized carbons (Fsp3) is 0.562. The topological polar surface area (TPSA) is 40.5 Å². The summed E-state index contributed by atoms with van der Waals surface area (Å²) in [6, 6.07) is 6.27. The Morgan fingerprint density at radius 2 is 1.95 bits per heavy atom. The van der Waals surface area contributed by atoms with E-state index in [1.54, 1.807) is 0 Å². The SMILES string of the molecule is CN(C)CCC(C(=O)O)c1ccc2c(c1)CCCC2. The minimum atomic E-state index is -0.711. The van der Waals surface area contributed by atoms with Crippen molar-refractivity contribution in [2.75, 3.05) is 20.6 Å². The molecule has 0 fully saturated rings. The number of carboxylic acids is 1. The first-order valence-electron chi connectivity index (χ1n) is 7.07. The van der Waals surface area contributed by atoms with Crippen LogP contribution >= 0.6 is 0 Å². The van der Waals surface area contributed by atoms with Crippen LogP contribution < -0.4 is 0 Å². The van der Waals surface area contributed by atoms with Crippen LogP contribution in [0.15, 0.2) is 18.2 Å². The molecular weight excluding hydrogens is 238 g/mol.